The molecule has 134 valence electrons. The fourth-order valence-electron chi connectivity index (χ4n) is 2.21. The van der Waals surface area contributed by atoms with Gasteiger partial charge in [0.05, 0.1) is 23.7 Å². The molecule has 0 bridgehead atoms. The molecule has 0 saturated carbocycles. The Morgan fingerprint density at radius 2 is 1.93 bits per heavy atom. The number of nitriles is 1. The van der Waals surface area contributed by atoms with Gasteiger partial charge in [-0.2, -0.15) is 5.26 Å². The van der Waals surface area contributed by atoms with Crippen LogP contribution in [0.15, 0.2) is 72.8 Å². The van der Waals surface area contributed by atoms with Crippen LogP contribution in [0.4, 0.5) is 5.69 Å². The second-order valence-electron chi connectivity index (χ2n) is 5.38. The molecule has 0 aliphatic rings. The molecule has 0 aliphatic carbocycles. The van der Waals surface area contributed by atoms with Crippen LogP contribution >= 0.6 is 0 Å². The van der Waals surface area contributed by atoms with Gasteiger partial charge in [0, 0.05) is 18.2 Å². The molecule has 0 radical (unpaired) electrons. The van der Waals surface area contributed by atoms with Crippen LogP contribution in [0.3, 0.4) is 0 Å². The predicted octanol–water partition coefficient (Wildman–Crippen LogP) is 4.29. The fraction of sp³-hybridized carbons (Fsp3) is 0.0476. The van der Waals surface area contributed by atoms with E-state index in [1.165, 1.54) is 25.3 Å². The molecule has 0 aliphatic heterocycles. The molecule has 0 spiro atoms. The maximum atomic E-state index is 11.6. The lowest BCUT2D eigenvalue weighted by Gasteiger charge is -2.03. The summed E-state index contributed by atoms with van der Waals surface area (Å²) in [6.07, 6.45) is 8.32. The molecule has 0 amide bonds. The number of carbonyl (C=O) groups is 1. The Labute approximate surface area is 156 Å². The molecule has 0 fully saturated rings. The van der Waals surface area contributed by atoms with Crippen LogP contribution in [0.2, 0.25) is 0 Å². The van der Waals surface area contributed by atoms with E-state index in [2.05, 4.69) is 10.8 Å². The number of ether oxygens (including phenoxy) is 1. The maximum absolute atomic E-state index is 11.6. The van der Waals surface area contributed by atoms with Crippen LogP contribution in [0.1, 0.15) is 16.7 Å². The first-order valence-corrected chi connectivity index (χ1v) is 7.93. The lowest BCUT2D eigenvalue weighted by atomic mass is 10.0. The molecule has 27 heavy (non-hydrogen) atoms. The van der Waals surface area contributed by atoms with Gasteiger partial charge in [-0.25, -0.2) is 4.79 Å². The predicted molar refractivity (Wildman–Crippen MR) is 102 cm³/mol. The number of hydrogen-bond donors (Lipinski definition) is 0. The zero-order valence-corrected chi connectivity index (χ0v) is 14.5. The Kier molecular flexibility index (Phi) is 6.80. The van der Waals surface area contributed by atoms with Crippen LogP contribution in [-0.2, 0) is 9.53 Å². The van der Waals surface area contributed by atoms with Crippen molar-refractivity contribution in [1.29, 1.82) is 5.26 Å². The fourth-order valence-corrected chi connectivity index (χ4v) is 2.21. The Morgan fingerprint density at radius 3 is 2.56 bits per heavy atom. The molecular formula is C21H16N2O4. The molecule has 2 aromatic carbocycles. The van der Waals surface area contributed by atoms with E-state index in [9.17, 15) is 14.9 Å². The van der Waals surface area contributed by atoms with Crippen LogP contribution < -0.4 is 0 Å². The lowest BCUT2D eigenvalue weighted by molar-refractivity contribution is -0.384. The van der Waals surface area contributed by atoms with Gasteiger partial charge in [0.25, 0.3) is 5.69 Å². The van der Waals surface area contributed by atoms with Crippen molar-refractivity contribution >= 4 is 23.3 Å². The summed E-state index contributed by atoms with van der Waals surface area (Å²) in [5.74, 6) is -0.503. The number of rotatable bonds is 6. The zero-order chi connectivity index (χ0) is 19.6. The van der Waals surface area contributed by atoms with Crippen molar-refractivity contribution in [3.05, 3.63) is 99.6 Å². The second kappa shape index (κ2) is 9.49. The Morgan fingerprint density at radius 1 is 1.19 bits per heavy atom. The van der Waals surface area contributed by atoms with Crippen molar-refractivity contribution in [3.63, 3.8) is 0 Å². The highest BCUT2D eigenvalue weighted by Crippen LogP contribution is 2.18. The van der Waals surface area contributed by atoms with Crippen LogP contribution in [0.5, 0.6) is 0 Å². The summed E-state index contributed by atoms with van der Waals surface area (Å²) in [6.45, 7) is 0. The third-order valence-corrected chi connectivity index (χ3v) is 3.58. The third kappa shape index (κ3) is 5.80. The smallest absolute Gasteiger partial charge is 0.331 e. The van der Waals surface area contributed by atoms with Crippen molar-refractivity contribution in [1.82, 2.24) is 0 Å². The van der Waals surface area contributed by atoms with Crippen molar-refractivity contribution < 1.29 is 14.5 Å². The first-order valence-electron chi connectivity index (χ1n) is 7.93. The minimum absolute atomic E-state index is 0.0309. The van der Waals surface area contributed by atoms with Gasteiger partial charge in [0.2, 0.25) is 0 Å². The molecule has 0 atom stereocenters. The molecule has 6 nitrogen and oxygen atoms in total. The summed E-state index contributed by atoms with van der Waals surface area (Å²) in [6, 6.07) is 15.1. The molecule has 2 aromatic rings. The van der Waals surface area contributed by atoms with Gasteiger partial charge in [0.15, 0.2) is 0 Å². The van der Waals surface area contributed by atoms with Crippen molar-refractivity contribution in [2.75, 3.05) is 7.11 Å². The number of benzene rings is 2. The van der Waals surface area contributed by atoms with E-state index in [1.807, 2.05) is 0 Å². The summed E-state index contributed by atoms with van der Waals surface area (Å²) in [4.78, 5) is 21.8. The van der Waals surface area contributed by atoms with Gasteiger partial charge in [-0.05, 0) is 41.0 Å². The molecule has 0 heterocycles. The number of allylic oxidation sites excluding steroid dienone is 4. The summed E-state index contributed by atoms with van der Waals surface area (Å²) < 4.78 is 4.68. The number of nitro benzene ring substituents is 1. The monoisotopic (exact) mass is 360 g/mol. The van der Waals surface area contributed by atoms with Gasteiger partial charge in [-0.15, -0.1) is 0 Å². The Hall–Kier alpha value is -3.98. The quantitative estimate of drug-likeness (QED) is 0.252. The summed E-state index contributed by atoms with van der Waals surface area (Å²) in [5, 5.41) is 19.7. The van der Waals surface area contributed by atoms with E-state index >= 15 is 0 Å². The van der Waals surface area contributed by atoms with E-state index in [-0.39, 0.29) is 5.69 Å². The first-order chi connectivity index (χ1) is 13.0. The number of carbonyl (C=O) groups excluding carboxylic acids is 1. The first kappa shape index (κ1) is 19.3. The molecule has 0 N–H and O–H groups in total. The highest BCUT2D eigenvalue weighted by molar-refractivity contribution is 5.94. The molecule has 0 unspecified atom stereocenters. The van der Waals surface area contributed by atoms with Gasteiger partial charge >= 0.3 is 5.97 Å². The number of nitro groups is 1. The number of nitrogens with zero attached hydrogens (tertiary/aromatic N) is 2. The van der Waals surface area contributed by atoms with Gasteiger partial charge in [-0.1, -0.05) is 36.4 Å². The van der Waals surface area contributed by atoms with Gasteiger partial charge in [-0.3, -0.25) is 10.1 Å². The number of hydrogen-bond acceptors (Lipinski definition) is 5. The number of esters is 1. The second-order valence-corrected chi connectivity index (χ2v) is 5.38. The summed E-state index contributed by atoms with van der Waals surface area (Å²) >= 11 is 0. The topological polar surface area (TPSA) is 93.2 Å². The van der Waals surface area contributed by atoms with Crippen LogP contribution in [-0.4, -0.2) is 18.0 Å². The SMILES string of the molecule is COC(=O)\C=C(/C=C/C=C/c1ccc([N+](=O)[O-])cc1)c1cccc(C#N)c1. The van der Waals surface area contributed by atoms with E-state index < -0.39 is 10.9 Å². The highest BCUT2D eigenvalue weighted by atomic mass is 16.6. The van der Waals surface area contributed by atoms with E-state index in [0.29, 0.717) is 16.7 Å². The standard InChI is InChI=1S/C21H16N2O4/c1-27-21(24)14-19(18-8-4-6-17(13-18)15-22)7-3-2-5-16-9-11-20(12-10-16)23(25)26/h2-14H,1H3/b5-2+,7-3+,19-14+. The van der Waals surface area contributed by atoms with Crippen molar-refractivity contribution in [2.24, 2.45) is 0 Å². The third-order valence-electron chi connectivity index (χ3n) is 3.58. The van der Waals surface area contributed by atoms with E-state index in [1.54, 1.807) is 60.7 Å². The molecule has 0 aromatic heterocycles. The Bertz CT molecular complexity index is 964. The average molecular weight is 360 g/mol. The highest BCUT2D eigenvalue weighted by Gasteiger charge is 2.04. The maximum Gasteiger partial charge on any atom is 0.331 e. The van der Waals surface area contributed by atoms with Crippen molar-refractivity contribution in [3.8, 4) is 6.07 Å². The molecule has 6 heteroatoms. The zero-order valence-electron chi connectivity index (χ0n) is 14.5. The minimum Gasteiger partial charge on any atom is -0.466 e. The van der Waals surface area contributed by atoms with E-state index in [0.717, 1.165) is 5.56 Å². The molecule has 2 rings (SSSR count). The number of methoxy groups -OCH3 is 1. The Balaban J connectivity index is 2.22. The van der Waals surface area contributed by atoms with Gasteiger partial charge in [0.1, 0.15) is 0 Å². The normalized spacial score (nSPS) is 11.5. The van der Waals surface area contributed by atoms with Gasteiger partial charge < -0.3 is 4.74 Å². The lowest BCUT2D eigenvalue weighted by Crippen LogP contribution is -1.96. The number of non-ortho nitro benzene ring substituents is 1. The molecular weight excluding hydrogens is 344 g/mol. The van der Waals surface area contributed by atoms with Crippen LogP contribution in [0, 0.1) is 21.4 Å². The molecule has 0 saturated heterocycles. The van der Waals surface area contributed by atoms with E-state index in [4.69, 9.17) is 5.26 Å². The summed E-state index contributed by atoms with van der Waals surface area (Å²) in [5.41, 5.74) is 2.61. The minimum atomic E-state index is -0.503. The van der Waals surface area contributed by atoms with Crippen LogP contribution in [0.25, 0.3) is 11.6 Å². The summed E-state index contributed by atoms with van der Waals surface area (Å²) in [7, 11) is 1.29. The largest absolute Gasteiger partial charge is 0.466 e. The average Bonchev–Trinajstić information content (AvgIpc) is 2.70. The van der Waals surface area contributed by atoms with Crippen molar-refractivity contribution in [2.45, 2.75) is 0 Å².